The number of benzene rings is 3. The Morgan fingerprint density at radius 2 is 1.87 bits per heavy atom. The standard InChI is InChI=1S/C24H20ClN3OS/c1-17-7-10-20(11-8-17)22-16-30-24(27-22)28-26-14-19-9-12-23(21(25)13-19)29-15-18-5-3-2-4-6-18/h2-14,16H,15H2,1H3,(H,27,28)/b26-14-. The van der Waals surface area contributed by atoms with E-state index in [2.05, 4.69) is 46.7 Å². The Balaban J connectivity index is 1.35. The summed E-state index contributed by atoms with van der Waals surface area (Å²) in [5.74, 6) is 0.647. The van der Waals surface area contributed by atoms with Gasteiger partial charge in [0.05, 0.1) is 16.9 Å². The van der Waals surface area contributed by atoms with Gasteiger partial charge in [-0.3, -0.25) is 5.43 Å². The van der Waals surface area contributed by atoms with E-state index in [4.69, 9.17) is 16.3 Å². The third-order valence-electron chi connectivity index (χ3n) is 4.42. The van der Waals surface area contributed by atoms with E-state index in [0.717, 1.165) is 27.5 Å². The van der Waals surface area contributed by atoms with Crippen molar-refractivity contribution in [3.63, 3.8) is 0 Å². The van der Waals surface area contributed by atoms with Crippen molar-refractivity contribution in [2.75, 3.05) is 5.43 Å². The van der Waals surface area contributed by atoms with Crippen LogP contribution in [0.1, 0.15) is 16.7 Å². The molecule has 0 fully saturated rings. The molecule has 6 heteroatoms. The zero-order valence-electron chi connectivity index (χ0n) is 16.4. The summed E-state index contributed by atoms with van der Waals surface area (Å²) in [5.41, 5.74) is 8.19. The van der Waals surface area contributed by atoms with Crippen molar-refractivity contribution in [3.8, 4) is 17.0 Å². The Bertz CT molecular complexity index is 1140. The second-order valence-corrected chi connectivity index (χ2v) is 8.00. The van der Waals surface area contributed by atoms with Gasteiger partial charge in [0, 0.05) is 10.9 Å². The van der Waals surface area contributed by atoms with Gasteiger partial charge in [0.25, 0.3) is 0 Å². The average Bonchev–Trinajstić information content (AvgIpc) is 3.23. The van der Waals surface area contributed by atoms with Crippen LogP contribution >= 0.6 is 22.9 Å². The zero-order valence-corrected chi connectivity index (χ0v) is 18.0. The summed E-state index contributed by atoms with van der Waals surface area (Å²) in [6, 6.07) is 23.9. The predicted octanol–water partition coefficient (Wildman–Crippen LogP) is 6.80. The molecule has 0 unspecified atom stereocenters. The SMILES string of the molecule is Cc1ccc(-c2csc(N/N=C\c3ccc(OCc4ccccc4)c(Cl)c3)n2)cc1. The summed E-state index contributed by atoms with van der Waals surface area (Å²) in [6.07, 6.45) is 1.71. The summed E-state index contributed by atoms with van der Waals surface area (Å²) < 4.78 is 5.80. The number of ether oxygens (including phenoxy) is 1. The number of hydrogen-bond acceptors (Lipinski definition) is 5. The smallest absolute Gasteiger partial charge is 0.203 e. The number of hydrogen-bond donors (Lipinski definition) is 1. The molecule has 0 spiro atoms. The van der Waals surface area contributed by atoms with Gasteiger partial charge < -0.3 is 4.74 Å². The third-order valence-corrected chi connectivity index (χ3v) is 5.46. The lowest BCUT2D eigenvalue weighted by atomic mass is 10.1. The summed E-state index contributed by atoms with van der Waals surface area (Å²) in [5, 5.41) is 7.56. The first-order chi connectivity index (χ1) is 14.7. The lowest BCUT2D eigenvalue weighted by Crippen LogP contribution is -1.96. The monoisotopic (exact) mass is 433 g/mol. The number of nitrogens with one attached hydrogen (secondary N) is 1. The maximum absolute atomic E-state index is 6.36. The van der Waals surface area contributed by atoms with Crippen LogP contribution in [0.5, 0.6) is 5.75 Å². The maximum Gasteiger partial charge on any atom is 0.203 e. The van der Waals surface area contributed by atoms with Gasteiger partial charge in [-0.15, -0.1) is 11.3 Å². The van der Waals surface area contributed by atoms with E-state index >= 15 is 0 Å². The molecule has 0 aliphatic rings. The molecule has 150 valence electrons. The third kappa shape index (κ3) is 5.26. The molecule has 0 aliphatic heterocycles. The van der Waals surface area contributed by atoms with Crippen LogP contribution in [0, 0.1) is 6.92 Å². The van der Waals surface area contributed by atoms with Gasteiger partial charge in [0.1, 0.15) is 12.4 Å². The molecule has 0 amide bonds. The minimum Gasteiger partial charge on any atom is -0.487 e. The van der Waals surface area contributed by atoms with Crippen LogP contribution in [0.4, 0.5) is 5.13 Å². The van der Waals surface area contributed by atoms with Gasteiger partial charge in [-0.05, 0) is 36.2 Å². The molecule has 0 saturated carbocycles. The lowest BCUT2D eigenvalue weighted by molar-refractivity contribution is 0.306. The number of halogens is 1. The highest BCUT2D eigenvalue weighted by Gasteiger charge is 2.05. The molecule has 0 atom stereocenters. The number of nitrogens with zero attached hydrogens (tertiary/aromatic N) is 2. The van der Waals surface area contributed by atoms with Crippen molar-refractivity contribution in [1.82, 2.24) is 4.98 Å². The van der Waals surface area contributed by atoms with Crippen molar-refractivity contribution in [1.29, 1.82) is 0 Å². The molecule has 1 heterocycles. The fourth-order valence-electron chi connectivity index (χ4n) is 2.79. The molecule has 0 aliphatic carbocycles. The van der Waals surface area contributed by atoms with E-state index in [9.17, 15) is 0 Å². The quantitative estimate of drug-likeness (QED) is 0.257. The van der Waals surface area contributed by atoms with Crippen LogP contribution < -0.4 is 10.2 Å². The lowest BCUT2D eigenvalue weighted by Gasteiger charge is -2.08. The number of hydrazone groups is 1. The van der Waals surface area contributed by atoms with E-state index in [-0.39, 0.29) is 0 Å². The van der Waals surface area contributed by atoms with Crippen molar-refractivity contribution in [2.45, 2.75) is 13.5 Å². The Kier molecular flexibility index (Phi) is 6.42. The predicted molar refractivity (Wildman–Crippen MR) is 126 cm³/mol. The van der Waals surface area contributed by atoms with Gasteiger partial charge in [-0.25, -0.2) is 4.98 Å². The highest BCUT2D eigenvalue weighted by atomic mass is 35.5. The highest BCUT2D eigenvalue weighted by Crippen LogP contribution is 2.27. The molecule has 1 N–H and O–H groups in total. The van der Waals surface area contributed by atoms with Gasteiger partial charge in [0.15, 0.2) is 0 Å². The number of anilines is 1. The minimum atomic E-state index is 0.475. The zero-order chi connectivity index (χ0) is 20.8. The summed E-state index contributed by atoms with van der Waals surface area (Å²) in [4.78, 5) is 4.57. The highest BCUT2D eigenvalue weighted by molar-refractivity contribution is 7.14. The Labute approximate surface area is 184 Å². The first-order valence-corrected chi connectivity index (χ1v) is 10.7. The molecule has 1 aromatic heterocycles. The molecule has 0 saturated heterocycles. The van der Waals surface area contributed by atoms with Crippen molar-refractivity contribution in [3.05, 3.63) is 99.9 Å². The Morgan fingerprint density at radius 3 is 2.63 bits per heavy atom. The molecular weight excluding hydrogens is 414 g/mol. The summed E-state index contributed by atoms with van der Waals surface area (Å²) in [7, 11) is 0. The van der Waals surface area contributed by atoms with E-state index in [1.54, 1.807) is 6.21 Å². The molecule has 30 heavy (non-hydrogen) atoms. The first-order valence-electron chi connectivity index (χ1n) is 9.45. The van der Waals surface area contributed by atoms with Gasteiger partial charge >= 0.3 is 0 Å². The van der Waals surface area contributed by atoms with Crippen LogP contribution in [-0.2, 0) is 6.61 Å². The molecule has 0 bridgehead atoms. The van der Waals surface area contributed by atoms with E-state index in [1.165, 1.54) is 16.9 Å². The van der Waals surface area contributed by atoms with E-state index in [0.29, 0.717) is 17.4 Å². The van der Waals surface area contributed by atoms with Gasteiger partial charge in [0.2, 0.25) is 5.13 Å². The van der Waals surface area contributed by atoms with Crippen LogP contribution in [0.15, 0.2) is 83.3 Å². The topological polar surface area (TPSA) is 46.5 Å². The number of rotatable bonds is 7. The molecule has 4 nitrogen and oxygen atoms in total. The number of aryl methyl sites for hydroxylation is 1. The minimum absolute atomic E-state index is 0.475. The van der Waals surface area contributed by atoms with Crippen LogP contribution in [0.3, 0.4) is 0 Å². The van der Waals surface area contributed by atoms with Crippen molar-refractivity contribution < 1.29 is 4.74 Å². The normalized spacial score (nSPS) is 11.0. The molecule has 4 aromatic rings. The van der Waals surface area contributed by atoms with Crippen LogP contribution in [-0.4, -0.2) is 11.2 Å². The van der Waals surface area contributed by atoms with Crippen LogP contribution in [0.2, 0.25) is 5.02 Å². The summed E-state index contributed by atoms with van der Waals surface area (Å²) >= 11 is 7.87. The molecule has 0 radical (unpaired) electrons. The second-order valence-electron chi connectivity index (χ2n) is 6.74. The molecule has 3 aromatic carbocycles. The second kappa shape index (κ2) is 9.57. The summed E-state index contributed by atoms with van der Waals surface area (Å²) in [6.45, 7) is 2.55. The van der Waals surface area contributed by atoms with Crippen LogP contribution in [0.25, 0.3) is 11.3 Å². The van der Waals surface area contributed by atoms with E-state index in [1.807, 2.05) is 53.9 Å². The largest absolute Gasteiger partial charge is 0.487 e. The van der Waals surface area contributed by atoms with E-state index < -0.39 is 0 Å². The fourth-order valence-corrected chi connectivity index (χ4v) is 3.71. The number of thiazole rings is 1. The first kappa shape index (κ1) is 20.1. The Hall–Kier alpha value is -3.15. The van der Waals surface area contributed by atoms with Crippen molar-refractivity contribution >= 4 is 34.3 Å². The van der Waals surface area contributed by atoms with Gasteiger partial charge in [-0.1, -0.05) is 71.8 Å². The van der Waals surface area contributed by atoms with Gasteiger partial charge in [-0.2, -0.15) is 5.10 Å². The van der Waals surface area contributed by atoms with Crippen molar-refractivity contribution in [2.24, 2.45) is 5.10 Å². The molecule has 4 rings (SSSR count). The maximum atomic E-state index is 6.36. The number of aromatic nitrogens is 1. The molecular formula is C24H20ClN3OS. The Morgan fingerprint density at radius 1 is 1.07 bits per heavy atom. The fraction of sp³-hybridized carbons (Fsp3) is 0.0833. The average molecular weight is 434 g/mol.